The van der Waals surface area contributed by atoms with Gasteiger partial charge in [-0.25, -0.2) is 0 Å². The summed E-state index contributed by atoms with van der Waals surface area (Å²) >= 11 is 0. The fourth-order valence-corrected chi connectivity index (χ4v) is 1.48. The largest absolute Gasteiger partial charge is 0.497 e. The summed E-state index contributed by atoms with van der Waals surface area (Å²) in [6, 6.07) is 8.56. The molecule has 0 aromatic heterocycles. The van der Waals surface area contributed by atoms with Crippen LogP contribution in [0.2, 0.25) is 0 Å². The van der Waals surface area contributed by atoms with Gasteiger partial charge in [0.1, 0.15) is 17.4 Å². The summed E-state index contributed by atoms with van der Waals surface area (Å²) in [4.78, 5) is 12.2. The number of rotatable bonds is 6. The van der Waals surface area contributed by atoms with E-state index in [0.29, 0.717) is 11.3 Å². The Kier molecular flexibility index (Phi) is 5.79. The minimum atomic E-state index is -0.363. The molecule has 1 N–H and O–H groups in total. The fourth-order valence-electron chi connectivity index (χ4n) is 1.48. The summed E-state index contributed by atoms with van der Waals surface area (Å²) in [5.74, 6) is 0.208. The number of ketones is 1. The monoisotopic (exact) mass is 268 g/mol. The molecule has 0 saturated carbocycles. The van der Waals surface area contributed by atoms with Crippen molar-refractivity contribution in [1.82, 2.24) is 5.32 Å². The molecule has 0 saturated heterocycles. The number of hydrogen-bond donors (Lipinski definition) is 1. The summed E-state index contributed by atoms with van der Waals surface area (Å²) in [5.41, 5.74) is 1.13. The lowest BCUT2D eigenvalue weighted by Gasteiger charge is -2.04. The number of nitriles is 1. The van der Waals surface area contributed by atoms with E-state index in [1.54, 1.807) is 36.4 Å². The van der Waals surface area contributed by atoms with Crippen molar-refractivity contribution >= 4 is 5.78 Å². The number of methoxy groups -OCH3 is 1. The van der Waals surface area contributed by atoms with Gasteiger partial charge < -0.3 is 10.1 Å². The molecular weight excluding hydrogens is 252 g/mol. The molecule has 0 aliphatic heterocycles. The second kappa shape index (κ2) is 7.59. The molecule has 0 aliphatic rings. The van der Waals surface area contributed by atoms with Gasteiger partial charge in [0, 0.05) is 17.5 Å². The summed E-state index contributed by atoms with van der Waals surface area (Å²) in [7, 11) is 1.52. The molecule has 0 spiro atoms. The molecule has 1 rings (SSSR count). The SMILES string of the molecule is C=C/C(=C\C)N/C=C(\C#N)C(=O)c1cccc(OC)c1. The highest BCUT2D eigenvalue weighted by molar-refractivity contribution is 6.11. The van der Waals surface area contributed by atoms with Crippen molar-refractivity contribution in [2.24, 2.45) is 0 Å². The van der Waals surface area contributed by atoms with Gasteiger partial charge in [0.05, 0.1) is 7.11 Å². The van der Waals surface area contributed by atoms with Crippen molar-refractivity contribution in [3.8, 4) is 11.8 Å². The Balaban J connectivity index is 3.00. The van der Waals surface area contributed by atoms with Gasteiger partial charge in [0.15, 0.2) is 0 Å². The zero-order chi connectivity index (χ0) is 15.0. The van der Waals surface area contributed by atoms with E-state index in [0.717, 1.165) is 5.70 Å². The maximum atomic E-state index is 12.2. The average molecular weight is 268 g/mol. The predicted octanol–water partition coefficient (Wildman–Crippen LogP) is 2.96. The number of ether oxygens (including phenoxy) is 1. The topological polar surface area (TPSA) is 62.1 Å². The van der Waals surface area contributed by atoms with E-state index >= 15 is 0 Å². The summed E-state index contributed by atoms with van der Waals surface area (Å²) in [6.45, 7) is 5.44. The van der Waals surface area contributed by atoms with E-state index in [2.05, 4.69) is 11.9 Å². The third-order valence-electron chi connectivity index (χ3n) is 2.61. The maximum Gasteiger partial charge on any atom is 0.205 e. The Morgan fingerprint density at radius 1 is 1.50 bits per heavy atom. The molecule has 0 fully saturated rings. The zero-order valence-electron chi connectivity index (χ0n) is 11.5. The number of allylic oxidation sites excluding steroid dienone is 3. The Hall–Kier alpha value is -2.80. The van der Waals surface area contributed by atoms with E-state index in [1.165, 1.54) is 13.3 Å². The second-order valence-corrected chi connectivity index (χ2v) is 3.82. The number of carbonyl (C=O) groups excluding carboxylic acids is 1. The van der Waals surface area contributed by atoms with Crippen LogP contribution < -0.4 is 10.1 Å². The maximum absolute atomic E-state index is 12.2. The zero-order valence-corrected chi connectivity index (χ0v) is 11.5. The lowest BCUT2D eigenvalue weighted by molar-refractivity contribution is 0.103. The van der Waals surface area contributed by atoms with Gasteiger partial charge in [-0.05, 0) is 25.1 Å². The molecule has 0 amide bonds. The normalized spacial score (nSPS) is 11.4. The van der Waals surface area contributed by atoms with E-state index in [1.807, 2.05) is 13.0 Å². The second-order valence-electron chi connectivity index (χ2n) is 3.82. The lowest BCUT2D eigenvalue weighted by atomic mass is 10.0. The van der Waals surface area contributed by atoms with Crippen LogP contribution in [0.4, 0.5) is 0 Å². The molecule has 1 aromatic rings. The standard InChI is InChI=1S/C16H16N2O2/c1-4-14(5-2)18-11-13(10-17)16(19)12-7-6-8-15(9-12)20-3/h4-9,11,18H,1H2,2-3H3/b13-11+,14-5+. The molecule has 20 heavy (non-hydrogen) atoms. The number of benzene rings is 1. The van der Waals surface area contributed by atoms with Crippen molar-refractivity contribution in [2.75, 3.05) is 7.11 Å². The Bertz CT molecular complexity index is 607. The molecule has 0 atom stereocenters. The van der Waals surface area contributed by atoms with Crippen LogP contribution in [0.1, 0.15) is 17.3 Å². The first kappa shape index (κ1) is 15.3. The fraction of sp³-hybridized carbons (Fsp3) is 0.125. The van der Waals surface area contributed by atoms with E-state index in [4.69, 9.17) is 10.00 Å². The summed E-state index contributed by atoms with van der Waals surface area (Å²) < 4.78 is 5.06. The molecule has 1 aromatic carbocycles. The van der Waals surface area contributed by atoms with Gasteiger partial charge in [-0.3, -0.25) is 4.79 Å². The average Bonchev–Trinajstić information content (AvgIpc) is 2.51. The van der Waals surface area contributed by atoms with Crippen molar-refractivity contribution < 1.29 is 9.53 Å². The van der Waals surface area contributed by atoms with Gasteiger partial charge >= 0.3 is 0 Å². The van der Waals surface area contributed by atoms with E-state index in [9.17, 15) is 4.79 Å². The summed E-state index contributed by atoms with van der Waals surface area (Å²) in [5, 5.41) is 11.9. The Morgan fingerprint density at radius 3 is 2.80 bits per heavy atom. The first-order chi connectivity index (χ1) is 9.65. The molecular formula is C16H16N2O2. The number of hydrogen-bond acceptors (Lipinski definition) is 4. The van der Waals surface area contributed by atoms with Crippen LogP contribution in [-0.2, 0) is 0 Å². The first-order valence-electron chi connectivity index (χ1n) is 6.00. The van der Waals surface area contributed by atoms with Gasteiger partial charge in [0.2, 0.25) is 5.78 Å². The first-order valence-corrected chi connectivity index (χ1v) is 6.00. The predicted molar refractivity (Wildman–Crippen MR) is 78.1 cm³/mol. The lowest BCUT2D eigenvalue weighted by Crippen LogP contribution is -2.09. The van der Waals surface area contributed by atoms with Crippen LogP contribution in [0, 0.1) is 11.3 Å². The molecule has 0 bridgehead atoms. The van der Waals surface area contributed by atoms with E-state index in [-0.39, 0.29) is 11.4 Å². The van der Waals surface area contributed by atoms with Crippen LogP contribution in [0.3, 0.4) is 0 Å². The number of carbonyl (C=O) groups is 1. The minimum Gasteiger partial charge on any atom is -0.497 e. The molecule has 0 unspecified atom stereocenters. The van der Waals surface area contributed by atoms with Crippen LogP contribution in [-0.4, -0.2) is 12.9 Å². The molecule has 0 aliphatic carbocycles. The van der Waals surface area contributed by atoms with Gasteiger partial charge in [-0.2, -0.15) is 5.26 Å². The highest BCUT2D eigenvalue weighted by Crippen LogP contribution is 2.15. The third-order valence-corrected chi connectivity index (χ3v) is 2.61. The Labute approximate surface area is 118 Å². The smallest absolute Gasteiger partial charge is 0.205 e. The van der Waals surface area contributed by atoms with Crippen LogP contribution in [0.25, 0.3) is 0 Å². The van der Waals surface area contributed by atoms with Crippen molar-refractivity contribution in [2.45, 2.75) is 6.92 Å². The van der Waals surface area contributed by atoms with Crippen molar-refractivity contribution in [3.05, 3.63) is 66.0 Å². The van der Waals surface area contributed by atoms with Crippen LogP contribution in [0.15, 0.2) is 60.5 Å². The molecule has 4 nitrogen and oxygen atoms in total. The van der Waals surface area contributed by atoms with Gasteiger partial charge in [0.25, 0.3) is 0 Å². The van der Waals surface area contributed by atoms with Crippen LogP contribution >= 0.6 is 0 Å². The molecule has 4 heteroatoms. The van der Waals surface area contributed by atoms with Crippen molar-refractivity contribution in [1.29, 1.82) is 5.26 Å². The van der Waals surface area contributed by atoms with E-state index < -0.39 is 0 Å². The van der Waals surface area contributed by atoms with Crippen LogP contribution in [0.5, 0.6) is 5.75 Å². The van der Waals surface area contributed by atoms with Gasteiger partial charge in [-0.15, -0.1) is 0 Å². The number of nitrogens with one attached hydrogen (secondary N) is 1. The quantitative estimate of drug-likeness (QED) is 0.373. The number of Topliss-reactive ketones (excluding diaryl/α,β-unsaturated/α-hetero) is 1. The van der Waals surface area contributed by atoms with Gasteiger partial charge in [-0.1, -0.05) is 24.8 Å². The Morgan fingerprint density at radius 2 is 2.25 bits per heavy atom. The minimum absolute atomic E-state index is 0.0134. The molecule has 0 radical (unpaired) electrons. The third kappa shape index (κ3) is 3.85. The number of nitrogens with zero attached hydrogens (tertiary/aromatic N) is 1. The van der Waals surface area contributed by atoms with Crippen molar-refractivity contribution in [3.63, 3.8) is 0 Å². The molecule has 102 valence electrons. The summed E-state index contributed by atoms with van der Waals surface area (Å²) in [6.07, 6.45) is 4.76. The molecule has 0 heterocycles. The highest BCUT2D eigenvalue weighted by Gasteiger charge is 2.12. The highest BCUT2D eigenvalue weighted by atomic mass is 16.5.